The number of carbonyl (C=O) groups excluding carboxylic acids is 1. The van der Waals surface area contributed by atoms with E-state index < -0.39 is 0 Å². The van der Waals surface area contributed by atoms with Gasteiger partial charge in [-0.15, -0.1) is 0 Å². The van der Waals surface area contributed by atoms with Gasteiger partial charge in [0.1, 0.15) is 0 Å². The van der Waals surface area contributed by atoms with Crippen LogP contribution in [0.3, 0.4) is 0 Å². The minimum Gasteiger partial charge on any atom is -0.378 e. The molecule has 19 heavy (non-hydrogen) atoms. The number of nitrogens with two attached hydrogens (primary N) is 1. The van der Waals surface area contributed by atoms with Gasteiger partial charge in [0.25, 0.3) is 0 Å². The third-order valence-corrected chi connectivity index (χ3v) is 3.53. The first kappa shape index (κ1) is 14.0. The minimum atomic E-state index is 0.0146. The van der Waals surface area contributed by atoms with Crippen LogP contribution in [0.2, 0.25) is 0 Å². The average Bonchev–Trinajstić information content (AvgIpc) is 2.91. The molecular formula is C15H22N2O2. The fourth-order valence-corrected chi connectivity index (χ4v) is 2.34. The molecule has 2 rings (SSSR count). The van der Waals surface area contributed by atoms with Gasteiger partial charge in [0, 0.05) is 13.2 Å². The highest BCUT2D eigenvalue weighted by molar-refractivity contribution is 5.77. The molecular weight excluding hydrogens is 240 g/mol. The number of amides is 1. The predicted molar refractivity (Wildman–Crippen MR) is 74.5 cm³/mol. The number of nitrogens with one attached hydrogen (secondary N) is 1. The summed E-state index contributed by atoms with van der Waals surface area (Å²) in [7, 11) is 0. The zero-order valence-corrected chi connectivity index (χ0v) is 11.4. The van der Waals surface area contributed by atoms with Gasteiger partial charge in [-0.1, -0.05) is 24.3 Å². The van der Waals surface area contributed by atoms with Crippen molar-refractivity contribution in [3.63, 3.8) is 0 Å². The number of benzene rings is 1. The number of hydrogen-bond acceptors (Lipinski definition) is 3. The van der Waals surface area contributed by atoms with Crippen LogP contribution in [0.5, 0.6) is 0 Å². The number of ether oxygens (including phenoxy) is 1. The summed E-state index contributed by atoms with van der Waals surface area (Å²) in [5, 5.41) is 3.01. The number of carbonyl (C=O) groups is 1. The van der Waals surface area contributed by atoms with Gasteiger partial charge in [-0.05, 0) is 30.9 Å². The average molecular weight is 262 g/mol. The van der Waals surface area contributed by atoms with Crippen LogP contribution in [-0.2, 0) is 16.1 Å². The van der Waals surface area contributed by atoms with Crippen LogP contribution in [0.25, 0.3) is 0 Å². The third kappa shape index (κ3) is 4.04. The molecule has 2 unspecified atom stereocenters. The standard InChI is InChI=1S/C15H22N2O2/c1-11(13-6-4-12(10-16)5-7-13)17-15(18)9-14-3-2-8-19-14/h4-7,11,14H,2-3,8-10,16H2,1H3,(H,17,18). The van der Waals surface area contributed by atoms with Crippen LogP contribution in [0.4, 0.5) is 0 Å². The van der Waals surface area contributed by atoms with Gasteiger partial charge in [0.05, 0.1) is 18.6 Å². The molecule has 1 aromatic rings. The topological polar surface area (TPSA) is 64.3 Å². The first-order valence-corrected chi connectivity index (χ1v) is 6.89. The lowest BCUT2D eigenvalue weighted by molar-refractivity contribution is -0.123. The van der Waals surface area contributed by atoms with E-state index in [2.05, 4.69) is 5.32 Å². The summed E-state index contributed by atoms with van der Waals surface area (Å²) in [6, 6.07) is 8.04. The van der Waals surface area contributed by atoms with Crippen LogP contribution in [-0.4, -0.2) is 18.6 Å². The quantitative estimate of drug-likeness (QED) is 0.851. The second-order valence-corrected chi connectivity index (χ2v) is 5.07. The molecule has 4 heteroatoms. The maximum absolute atomic E-state index is 11.9. The lowest BCUT2D eigenvalue weighted by Crippen LogP contribution is -2.29. The molecule has 0 radical (unpaired) electrons. The van der Waals surface area contributed by atoms with Crippen molar-refractivity contribution >= 4 is 5.91 Å². The molecule has 0 bridgehead atoms. The van der Waals surface area contributed by atoms with E-state index >= 15 is 0 Å². The second-order valence-electron chi connectivity index (χ2n) is 5.07. The Morgan fingerprint density at radius 1 is 1.47 bits per heavy atom. The lowest BCUT2D eigenvalue weighted by Gasteiger charge is -2.16. The van der Waals surface area contributed by atoms with Gasteiger partial charge in [-0.2, -0.15) is 0 Å². The zero-order valence-electron chi connectivity index (χ0n) is 11.4. The number of rotatable bonds is 5. The Morgan fingerprint density at radius 3 is 2.79 bits per heavy atom. The molecule has 0 saturated carbocycles. The highest BCUT2D eigenvalue weighted by Gasteiger charge is 2.20. The lowest BCUT2D eigenvalue weighted by atomic mass is 10.1. The Morgan fingerprint density at radius 2 is 2.21 bits per heavy atom. The molecule has 2 atom stereocenters. The van der Waals surface area contributed by atoms with Crippen molar-refractivity contribution in [2.45, 2.75) is 44.9 Å². The highest BCUT2D eigenvalue weighted by Crippen LogP contribution is 2.17. The molecule has 1 fully saturated rings. The Balaban J connectivity index is 1.84. The SMILES string of the molecule is CC(NC(=O)CC1CCCO1)c1ccc(CN)cc1. The van der Waals surface area contributed by atoms with Crippen LogP contribution in [0, 0.1) is 0 Å². The van der Waals surface area contributed by atoms with E-state index in [4.69, 9.17) is 10.5 Å². The summed E-state index contributed by atoms with van der Waals surface area (Å²) in [5.74, 6) is 0.0577. The molecule has 4 nitrogen and oxygen atoms in total. The van der Waals surface area contributed by atoms with Gasteiger partial charge in [0.2, 0.25) is 5.91 Å². The Labute approximate surface area is 114 Å². The van der Waals surface area contributed by atoms with E-state index in [1.165, 1.54) is 0 Å². The molecule has 1 heterocycles. The smallest absolute Gasteiger partial charge is 0.223 e. The summed E-state index contributed by atoms with van der Waals surface area (Å²) < 4.78 is 5.47. The molecule has 1 aromatic carbocycles. The predicted octanol–water partition coefficient (Wildman–Crippen LogP) is 1.89. The molecule has 0 aliphatic carbocycles. The number of hydrogen-bond donors (Lipinski definition) is 2. The maximum Gasteiger partial charge on any atom is 0.223 e. The van der Waals surface area contributed by atoms with Crippen molar-refractivity contribution in [2.24, 2.45) is 5.73 Å². The largest absolute Gasteiger partial charge is 0.378 e. The molecule has 1 amide bonds. The van der Waals surface area contributed by atoms with Crippen molar-refractivity contribution in [2.75, 3.05) is 6.61 Å². The van der Waals surface area contributed by atoms with E-state index in [0.717, 1.165) is 30.6 Å². The molecule has 0 spiro atoms. The Bertz CT molecular complexity index is 411. The molecule has 1 aliphatic heterocycles. The molecule has 3 N–H and O–H groups in total. The zero-order chi connectivity index (χ0) is 13.7. The van der Waals surface area contributed by atoms with Crippen LogP contribution in [0.15, 0.2) is 24.3 Å². The first-order valence-electron chi connectivity index (χ1n) is 6.89. The maximum atomic E-state index is 11.9. The van der Waals surface area contributed by atoms with Crippen molar-refractivity contribution in [3.05, 3.63) is 35.4 Å². The fourth-order valence-electron chi connectivity index (χ4n) is 2.34. The van der Waals surface area contributed by atoms with Crippen molar-refractivity contribution in [3.8, 4) is 0 Å². The summed E-state index contributed by atoms with van der Waals surface area (Å²) in [5.41, 5.74) is 7.76. The molecule has 0 aromatic heterocycles. The summed E-state index contributed by atoms with van der Waals surface area (Å²) in [6.45, 7) is 3.32. The monoisotopic (exact) mass is 262 g/mol. The van der Waals surface area contributed by atoms with E-state index in [-0.39, 0.29) is 18.1 Å². The van der Waals surface area contributed by atoms with Crippen LogP contribution >= 0.6 is 0 Å². The minimum absolute atomic E-state index is 0.0146. The van der Waals surface area contributed by atoms with Crippen LogP contribution in [0.1, 0.15) is 43.4 Å². The van der Waals surface area contributed by atoms with Crippen molar-refractivity contribution in [1.29, 1.82) is 0 Å². The van der Waals surface area contributed by atoms with Gasteiger partial charge >= 0.3 is 0 Å². The summed E-state index contributed by atoms with van der Waals surface area (Å²) in [4.78, 5) is 11.9. The van der Waals surface area contributed by atoms with Gasteiger partial charge in [0.15, 0.2) is 0 Å². The summed E-state index contributed by atoms with van der Waals surface area (Å²) in [6.07, 6.45) is 2.62. The van der Waals surface area contributed by atoms with E-state index in [0.29, 0.717) is 13.0 Å². The Hall–Kier alpha value is -1.39. The highest BCUT2D eigenvalue weighted by atomic mass is 16.5. The van der Waals surface area contributed by atoms with Gasteiger partial charge in [-0.25, -0.2) is 0 Å². The van der Waals surface area contributed by atoms with E-state index in [9.17, 15) is 4.79 Å². The Kier molecular flexibility index (Phi) is 4.93. The van der Waals surface area contributed by atoms with Crippen LogP contribution < -0.4 is 11.1 Å². The summed E-state index contributed by atoms with van der Waals surface area (Å²) >= 11 is 0. The van der Waals surface area contributed by atoms with Gasteiger partial charge < -0.3 is 15.8 Å². The van der Waals surface area contributed by atoms with Crippen molar-refractivity contribution in [1.82, 2.24) is 5.32 Å². The van der Waals surface area contributed by atoms with Gasteiger partial charge in [-0.3, -0.25) is 4.79 Å². The molecule has 1 aliphatic rings. The van der Waals surface area contributed by atoms with E-state index in [1.54, 1.807) is 0 Å². The normalized spacial score (nSPS) is 20.2. The third-order valence-electron chi connectivity index (χ3n) is 3.53. The van der Waals surface area contributed by atoms with E-state index in [1.807, 2.05) is 31.2 Å². The van der Waals surface area contributed by atoms with Crippen molar-refractivity contribution < 1.29 is 9.53 Å². The molecule has 1 saturated heterocycles. The molecule has 104 valence electrons. The second kappa shape index (κ2) is 6.68. The first-order chi connectivity index (χ1) is 9.19. The fraction of sp³-hybridized carbons (Fsp3) is 0.533.